The molecule has 1 aromatic carbocycles. The molecule has 0 spiro atoms. The molecule has 0 aliphatic carbocycles. The van der Waals surface area contributed by atoms with Gasteiger partial charge in [-0.15, -0.1) is 0 Å². The van der Waals surface area contributed by atoms with Crippen LogP contribution in [0.25, 0.3) is 0 Å². The van der Waals surface area contributed by atoms with Gasteiger partial charge in [-0.2, -0.15) is 0 Å². The van der Waals surface area contributed by atoms with Crippen molar-refractivity contribution in [2.24, 2.45) is 5.73 Å². The number of carbonyl (C=O) groups excluding carboxylic acids is 1. The SMILES string of the molecule is NCCc1ccc2c(c1)CCC(=O)N2C(=O)O. The maximum Gasteiger partial charge on any atom is 0.418 e. The van der Waals surface area contributed by atoms with Gasteiger partial charge in [-0.05, 0) is 36.6 Å². The Morgan fingerprint density at radius 2 is 2.18 bits per heavy atom. The van der Waals surface area contributed by atoms with E-state index in [1.54, 1.807) is 6.07 Å². The predicted octanol–water partition coefficient (Wildman–Crippen LogP) is 1.15. The largest absolute Gasteiger partial charge is 0.464 e. The lowest BCUT2D eigenvalue weighted by Gasteiger charge is -2.25. The van der Waals surface area contributed by atoms with E-state index in [0.717, 1.165) is 22.4 Å². The van der Waals surface area contributed by atoms with Crippen molar-refractivity contribution in [2.75, 3.05) is 11.4 Å². The molecule has 0 unspecified atom stereocenters. The number of nitrogens with zero attached hydrogens (tertiary/aromatic N) is 1. The number of rotatable bonds is 2. The van der Waals surface area contributed by atoms with Gasteiger partial charge in [-0.3, -0.25) is 4.79 Å². The summed E-state index contributed by atoms with van der Waals surface area (Å²) in [5.74, 6) is -0.364. The quantitative estimate of drug-likeness (QED) is 0.803. The Morgan fingerprint density at radius 1 is 1.41 bits per heavy atom. The number of hydrogen-bond acceptors (Lipinski definition) is 3. The average molecular weight is 234 g/mol. The lowest BCUT2D eigenvalue weighted by atomic mass is 9.98. The first-order valence-electron chi connectivity index (χ1n) is 5.51. The van der Waals surface area contributed by atoms with Crippen LogP contribution >= 0.6 is 0 Å². The zero-order valence-electron chi connectivity index (χ0n) is 9.35. The molecular formula is C12H14N2O3. The number of benzene rings is 1. The van der Waals surface area contributed by atoms with Gasteiger partial charge in [0.2, 0.25) is 5.91 Å². The molecule has 0 radical (unpaired) electrons. The number of carbonyl (C=O) groups is 2. The zero-order valence-corrected chi connectivity index (χ0v) is 9.35. The van der Waals surface area contributed by atoms with E-state index in [9.17, 15) is 9.59 Å². The average Bonchev–Trinajstić information content (AvgIpc) is 2.29. The summed E-state index contributed by atoms with van der Waals surface area (Å²) in [5.41, 5.74) is 7.93. The van der Waals surface area contributed by atoms with Crippen molar-refractivity contribution in [1.82, 2.24) is 0 Å². The summed E-state index contributed by atoms with van der Waals surface area (Å²) in [7, 11) is 0. The van der Waals surface area contributed by atoms with Crippen molar-refractivity contribution in [3.8, 4) is 0 Å². The van der Waals surface area contributed by atoms with Gasteiger partial charge in [-0.1, -0.05) is 12.1 Å². The molecule has 2 rings (SSSR count). The van der Waals surface area contributed by atoms with Crippen molar-refractivity contribution in [1.29, 1.82) is 0 Å². The first-order chi connectivity index (χ1) is 8.13. The van der Waals surface area contributed by atoms with E-state index in [1.807, 2.05) is 12.1 Å². The predicted molar refractivity (Wildman–Crippen MR) is 63.0 cm³/mol. The molecule has 1 aliphatic rings. The van der Waals surface area contributed by atoms with Crippen LogP contribution in [0.4, 0.5) is 10.5 Å². The number of amides is 2. The second-order valence-electron chi connectivity index (χ2n) is 4.01. The summed E-state index contributed by atoms with van der Waals surface area (Å²) in [4.78, 5) is 23.4. The monoisotopic (exact) mass is 234 g/mol. The van der Waals surface area contributed by atoms with Crippen molar-refractivity contribution in [2.45, 2.75) is 19.3 Å². The Balaban J connectivity index is 2.40. The van der Waals surface area contributed by atoms with Gasteiger partial charge >= 0.3 is 6.09 Å². The molecule has 90 valence electrons. The van der Waals surface area contributed by atoms with E-state index in [0.29, 0.717) is 18.7 Å². The fraction of sp³-hybridized carbons (Fsp3) is 0.333. The minimum atomic E-state index is -1.22. The fourth-order valence-corrected chi connectivity index (χ4v) is 2.08. The van der Waals surface area contributed by atoms with Crippen molar-refractivity contribution in [3.05, 3.63) is 29.3 Å². The number of hydrogen-bond donors (Lipinski definition) is 2. The molecule has 0 fully saturated rings. The molecule has 0 saturated heterocycles. The Kier molecular flexibility index (Phi) is 3.10. The smallest absolute Gasteiger partial charge is 0.418 e. The Hall–Kier alpha value is -1.88. The topological polar surface area (TPSA) is 83.6 Å². The first kappa shape index (κ1) is 11.6. The number of anilines is 1. The fourth-order valence-electron chi connectivity index (χ4n) is 2.08. The van der Waals surface area contributed by atoms with Crippen LogP contribution in [0.3, 0.4) is 0 Å². The molecular weight excluding hydrogens is 220 g/mol. The molecule has 0 aromatic heterocycles. The van der Waals surface area contributed by atoms with Gasteiger partial charge in [-0.25, -0.2) is 9.69 Å². The number of nitrogens with two attached hydrogens (primary N) is 1. The van der Waals surface area contributed by atoms with E-state index in [2.05, 4.69) is 0 Å². The third-order valence-electron chi connectivity index (χ3n) is 2.87. The highest BCUT2D eigenvalue weighted by Crippen LogP contribution is 2.28. The molecule has 1 aromatic rings. The van der Waals surface area contributed by atoms with Crippen molar-refractivity contribution >= 4 is 17.7 Å². The highest BCUT2D eigenvalue weighted by Gasteiger charge is 2.29. The first-order valence-corrected chi connectivity index (χ1v) is 5.51. The second-order valence-corrected chi connectivity index (χ2v) is 4.01. The summed E-state index contributed by atoms with van der Waals surface area (Å²) in [6.07, 6.45) is 0.373. The Labute approximate surface area is 98.8 Å². The maximum atomic E-state index is 11.5. The van der Waals surface area contributed by atoms with Crippen LogP contribution in [0.2, 0.25) is 0 Å². The Morgan fingerprint density at radius 3 is 2.82 bits per heavy atom. The van der Waals surface area contributed by atoms with Crippen molar-refractivity contribution < 1.29 is 14.7 Å². The second kappa shape index (κ2) is 4.55. The minimum Gasteiger partial charge on any atom is -0.464 e. The third-order valence-corrected chi connectivity index (χ3v) is 2.87. The standard InChI is InChI=1S/C12H14N2O3/c13-6-5-8-1-3-10-9(7-8)2-4-11(15)14(10)12(16)17/h1,3,7H,2,4-6,13H2,(H,16,17). The van der Waals surface area contributed by atoms with Crippen LogP contribution in [0, 0.1) is 0 Å². The number of aryl methyl sites for hydroxylation is 1. The Bertz CT molecular complexity index is 471. The molecule has 1 aliphatic heterocycles. The van der Waals surface area contributed by atoms with Gasteiger partial charge in [0, 0.05) is 6.42 Å². The summed E-state index contributed by atoms with van der Waals surface area (Å²) in [5, 5.41) is 9.01. The normalized spacial score (nSPS) is 14.6. The maximum absolute atomic E-state index is 11.5. The van der Waals surface area contributed by atoms with Gasteiger partial charge in [0.25, 0.3) is 0 Å². The van der Waals surface area contributed by atoms with Crippen LogP contribution in [-0.2, 0) is 17.6 Å². The lowest BCUT2D eigenvalue weighted by Crippen LogP contribution is -2.39. The number of imide groups is 1. The van der Waals surface area contributed by atoms with Crippen LogP contribution < -0.4 is 10.6 Å². The summed E-state index contributed by atoms with van der Waals surface area (Å²) >= 11 is 0. The van der Waals surface area contributed by atoms with E-state index in [-0.39, 0.29) is 12.3 Å². The summed E-state index contributed by atoms with van der Waals surface area (Å²) in [6, 6.07) is 5.44. The third kappa shape index (κ3) is 2.14. The lowest BCUT2D eigenvalue weighted by molar-refractivity contribution is -0.118. The van der Waals surface area contributed by atoms with Gasteiger partial charge in [0.1, 0.15) is 0 Å². The van der Waals surface area contributed by atoms with Crippen LogP contribution in [0.15, 0.2) is 18.2 Å². The molecule has 0 bridgehead atoms. The summed E-state index contributed by atoms with van der Waals surface area (Å²) < 4.78 is 0. The van der Waals surface area contributed by atoms with Gasteiger partial charge < -0.3 is 10.8 Å². The van der Waals surface area contributed by atoms with Gasteiger partial charge in [0.15, 0.2) is 0 Å². The highest BCUT2D eigenvalue weighted by atomic mass is 16.4. The molecule has 0 atom stereocenters. The molecule has 2 amide bonds. The molecule has 5 nitrogen and oxygen atoms in total. The molecule has 17 heavy (non-hydrogen) atoms. The van der Waals surface area contributed by atoms with Crippen LogP contribution in [0.5, 0.6) is 0 Å². The van der Waals surface area contributed by atoms with Crippen LogP contribution in [-0.4, -0.2) is 23.7 Å². The zero-order chi connectivity index (χ0) is 12.4. The van der Waals surface area contributed by atoms with Crippen LogP contribution in [0.1, 0.15) is 17.5 Å². The van der Waals surface area contributed by atoms with Crippen molar-refractivity contribution in [3.63, 3.8) is 0 Å². The molecule has 5 heteroatoms. The van der Waals surface area contributed by atoms with Gasteiger partial charge in [0.05, 0.1) is 5.69 Å². The van der Waals surface area contributed by atoms with E-state index in [4.69, 9.17) is 10.8 Å². The summed E-state index contributed by atoms with van der Waals surface area (Å²) in [6.45, 7) is 0.556. The number of carboxylic acid groups (broad SMARTS) is 1. The molecule has 1 heterocycles. The highest BCUT2D eigenvalue weighted by molar-refractivity contribution is 6.13. The van der Waals surface area contributed by atoms with E-state index in [1.165, 1.54) is 0 Å². The number of fused-ring (bicyclic) bond motifs is 1. The molecule has 3 N–H and O–H groups in total. The van der Waals surface area contributed by atoms with E-state index >= 15 is 0 Å². The molecule has 0 saturated carbocycles. The minimum absolute atomic E-state index is 0.241. The van der Waals surface area contributed by atoms with E-state index < -0.39 is 6.09 Å².